The lowest BCUT2D eigenvalue weighted by Gasteiger charge is -2.07. The number of carbonyl (C=O) groups is 1. The van der Waals surface area contributed by atoms with Gasteiger partial charge in [0.25, 0.3) is 5.91 Å². The summed E-state index contributed by atoms with van der Waals surface area (Å²) >= 11 is 6.16. The van der Waals surface area contributed by atoms with E-state index in [0.29, 0.717) is 27.7 Å². The van der Waals surface area contributed by atoms with Crippen molar-refractivity contribution in [1.29, 1.82) is 0 Å². The zero-order valence-electron chi connectivity index (χ0n) is 15.2. The molecule has 0 bridgehead atoms. The molecule has 1 amide bonds. The first-order chi connectivity index (χ1) is 14.2. The normalized spacial score (nSPS) is 11.4. The van der Waals surface area contributed by atoms with Crippen LogP contribution in [0.4, 0.5) is 0 Å². The summed E-state index contributed by atoms with van der Waals surface area (Å²) < 4.78 is 10.6. The van der Waals surface area contributed by atoms with Crippen LogP contribution in [-0.4, -0.2) is 16.0 Å². The molecular formula is C22H16ClN3O3. The highest BCUT2D eigenvalue weighted by atomic mass is 35.5. The van der Waals surface area contributed by atoms with Crippen LogP contribution in [-0.2, 0) is 11.3 Å². The highest BCUT2D eigenvalue weighted by molar-refractivity contribution is 6.33. The van der Waals surface area contributed by atoms with Crippen molar-refractivity contribution in [3.05, 3.63) is 95.2 Å². The Hall–Kier alpha value is -3.64. The maximum atomic E-state index is 12.8. The number of carbonyl (C=O) groups excluding carboxylic acids is 1. The number of hydrogen-bond donors (Lipinski definition) is 1. The predicted molar refractivity (Wildman–Crippen MR) is 110 cm³/mol. The summed E-state index contributed by atoms with van der Waals surface area (Å²) in [6.45, 7) is 0.0820. The third-order valence-electron chi connectivity index (χ3n) is 4.14. The predicted octanol–water partition coefficient (Wildman–Crippen LogP) is 4.84. The lowest BCUT2D eigenvalue weighted by atomic mass is 10.0. The van der Waals surface area contributed by atoms with Gasteiger partial charge in [-0.05, 0) is 35.9 Å². The van der Waals surface area contributed by atoms with E-state index in [1.165, 1.54) is 0 Å². The Morgan fingerprint density at radius 3 is 2.59 bits per heavy atom. The molecule has 2 aromatic carbocycles. The minimum Gasteiger partial charge on any atom is -0.465 e. The largest absolute Gasteiger partial charge is 0.465 e. The van der Waals surface area contributed by atoms with Gasteiger partial charge in [0, 0.05) is 5.56 Å². The van der Waals surface area contributed by atoms with Crippen LogP contribution in [0.5, 0.6) is 0 Å². The molecule has 1 N–H and O–H groups in total. The summed E-state index contributed by atoms with van der Waals surface area (Å²) in [6, 6.07) is 20.1. The molecule has 29 heavy (non-hydrogen) atoms. The van der Waals surface area contributed by atoms with Gasteiger partial charge in [0.15, 0.2) is 0 Å². The second kappa shape index (κ2) is 8.58. The van der Waals surface area contributed by atoms with Gasteiger partial charge in [-0.1, -0.05) is 59.2 Å². The van der Waals surface area contributed by atoms with Crippen LogP contribution in [0.25, 0.3) is 23.0 Å². The maximum Gasteiger partial charge on any atom is 0.252 e. The lowest BCUT2D eigenvalue weighted by molar-refractivity contribution is -0.115. The van der Waals surface area contributed by atoms with Crippen molar-refractivity contribution in [2.75, 3.05) is 0 Å². The number of hydrogen-bond acceptors (Lipinski definition) is 5. The number of benzene rings is 2. The first kappa shape index (κ1) is 18.7. The number of rotatable bonds is 6. The fourth-order valence-corrected chi connectivity index (χ4v) is 2.96. The molecule has 4 rings (SSSR count). The smallest absolute Gasteiger partial charge is 0.252 e. The quantitative estimate of drug-likeness (QED) is 0.464. The van der Waals surface area contributed by atoms with E-state index in [0.717, 1.165) is 5.56 Å². The van der Waals surface area contributed by atoms with Crippen molar-refractivity contribution in [3.63, 3.8) is 0 Å². The first-order valence-electron chi connectivity index (χ1n) is 8.87. The minimum atomic E-state index is -0.287. The summed E-state index contributed by atoms with van der Waals surface area (Å²) in [5.41, 5.74) is 1.90. The topological polar surface area (TPSA) is 81.2 Å². The summed E-state index contributed by atoms with van der Waals surface area (Å²) in [5.74, 6) is 0.941. The van der Waals surface area contributed by atoms with Gasteiger partial charge in [0.05, 0.1) is 23.4 Å². The van der Waals surface area contributed by atoms with Crippen molar-refractivity contribution >= 4 is 29.2 Å². The SMILES string of the molecule is O=C(NCc1nc(-c2ccccc2Cl)no1)/C(=C/c1ccco1)c1ccccc1. The van der Waals surface area contributed by atoms with Gasteiger partial charge in [-0.2, -0.15) is 4.98 Å². The van der Waals surface area contributed by atoms with Crippen LogP contribution in [0.1, 0.15) is 17.2 Å². The minimum absolute atomic E-state index is 0.0820. The molecular weight excluding hydrogens is 390 g/mol. The van der Waals surface area contributed by atoms with E-state index in [-0.39, 0.29) is 18.3 Å². The van der Waals surface area contributed by atoms with E-state index < -0.39 is 0 Å². The number of nitrogens with one attached hydrogen (secondary N) is 1. The Bertz CT molecular complexity index is 1140. The van der Waals surface area contributed by atoms with Crippen LogP contribution in [0.15, 0.2) is 81.9 Å². The molecule has 0 saturated carbocycles. The Balaban J connectivity index is 1.51. The molecule has 0 atom stereocenters. The fourth-order valence-electron chi connectivity index (χ4n) is 2.74. The monoisotopic (exact) mass is 405 g/mol. The highest BCUT2D eigenvalue weighted by Crippen LogP contribution is 2.25. The molecule has 0 spiro atoms. The average Bonchev–Trinajstić information content (AvgIpc) is 3.43. The van der Waals surface area contributed by atoms with E-state index in [1.54, 1.807) is 36.6 Å². The van der Waals surface area contributed by atoms with Crippen molar-refractivity contribution in [2.24, 2.45) is 0 Å². The highest BCUT2D eigenvalue weighted by Gasteiger charge is 2.16. The summed E-state index contributed by atoms with van der Waals surface area (Å²) in [5, 5.41) is 7.27. The molecule has 0 aliphatic rings. The second-order valence-electron chi connectivity index (χ2n) is 6.11. The summed E-state index contributed by atoms with van der Waals surface area (Å²) in [4.78, 5) is 17.1. The Kier molecular flexibility index (Phi) is 5.54. The number of halogens is 1. The molecule has 0 saturated heterocycles. The number of furan rings is 1. The lowest BCUT2D eigenvalue weighted by Crippen LogP contribution is -2.24. The molecule has 6 nitrogen and oxygen atoms in total. The molecule has 0 aliphatic heterocycles. The fraction of sp³-hybridized carbons (Fsp3) is 0.0455. The van der Waals surface area contributed by atoms with E-state index in [4.69, 9.17) is 20.5 Å². The van der Waals surface area contributed by atoms with E-state index in [2.05, 4.69) is 15.5 Å². The molecule has 7 heteroatoms. The zero-order valence-corrected chi connectivity index (χ0v) is 16.0. The Labute approximate surface area is 171 Å². The van der Waals surface area contributed by atoms with Gasteiger partial charge < -0.3 is 14.3 Å². The summed E-state index contributed by atoms with van der Waals surface area (Å²) in [7, 11) is 0. The van der Waals surface area contributed by atoms with Crippen molar-refractivity contribution in [2.45, 2.75) is 6.54 Å². The molecule has 4 aromatic rings. The molecule has 0 fully saturated rings. The third-order valence-corrected chi connectivity index (χ3v) is 4.47. The second-order valence-corrected chi connectivity index (χ2v) is 6.52. The maximum absolute atomic E-state index is 12.8. The van der Waals surface area contributed by atoms with Crippen LogP contribution in [0.3, 0.4) is 0 Å². The van der Waals surface area contributed by atoms with Crippen molar-refractivity contribution in [1.82, 2.24) is 15.5 Å². The Morgan fingerprint density at radius 2 is 1.83 bits per heavy atom. The van der Waals surface area contributed by atoms with Crippen LogP contribution in [0, 0.1) is 0 Å². The Morgan fingerprint density at radius 1 is 1.03 bits per heavy atom. The number of aromatic nitrogens is 2. The molecule has 0 radical (unpaired) electrons. The molecule has 144 valence electrons. The van der Waals surface area contributed by atoms with Crippen molar-refractivity contribution < 1.29 is 13.7 Å². The van der Waals surface area contributed by atoms with Gasteiger partial charge in [-0.25, -0.2) is 0 Å². The number of amides is 1. The van der Waals surface area contributed by atoms with Gasteiger partial charge in [-0.3, -0.25) is 4.79 Å². The standard InChI is InChI=1S/C22H16ClN3O3/c23-19-11-5-4-10-17(19)21-25-20(29-26-21)14-24-22(27)18(13-16-9-6-12-28-16)15-7-2-1-3-8-15/h1-13H,14H2,(H,24,27)/b18-13+. The van der Waals surface area contributed by atoms with Gasteiger partial charge in [-0.15, -0.1) is 0 Å². The third kappa shape index (κ3) is 4.44. The number of nitrogens with zero attached hydrogens (tertiary/aromatic N) is 2. The van der Waals surface area contributed by atoms with Gasteiger partial charge in [0.1, 0.15) is 5.76 Å². The molecule has 0 unspecified atom stereocenters. The van der Waals surface area contributed by atoms with Crippen LogP contribution >= 0.6 is 11.6 Å². The van der Waals surface area contributed by atoms with Crippen molar-refractivity contribution in [3.8, 4) is 11.4 Å². The molecule has 0 aliphatic carbocycles. The first-order valence-corrected chi connectivity index (χ1v) is 9.25. The molecule has 2 heterocycles. The summed E-state index contributed by atoms with van der Waals surface area (Å²) in [6.07, 6.45) is 3.24. The van der Waals surface area contributed by atoms with E-state index in [9.17, 15) is 4.79 Å². The average molecular weight is 406 g/mol. The van der Waals surface area contributed by atoms with Crippen LogP contribution in [0.2, 0.25) is 5.02 Å². The van der Waals surface area contributed by atoms with Gasteiger partial charge in [0.2, 0.25) is 11.7 Å². The van der Waals surface area contributed by atoms with Crippen LogP contribution < -0.4 is 5.32 Å². The molecule has 2 aromatic heterocycles. The van der Waals surface area contributed by atoms with Gasteiger partial charge >= 0.3 is 0 Å². The van der Waals surface area contributed by atoms with E-state index in [1.807, 2.05) is 42.5 Å². The zero-order chi connectivity index (χ0) is 20.1. The van der Waals surface area contributed by atoms with E-state index >= 15 is 0 Å².